The van der Waals surface area contributed by atoms with E-state index >= 15 is 0 Å². The van der Waals surface area contributed by atoms with Crippen LogP contribution in [-0.2, 0) is 4.74 Å². The molecule has 3 heteroatoms. The van der Waals surface area contributed by atoms with E-state index in [1.807, 2.05) is 19.1 Å². The first kappa shape index (κ1) is 17.5. The van der Waals surface area contributed by atoms with E-state index in [2.05, 4.69) is 31.3 Å². The highest BCUT2D eigenvalue weighted by Gasteiger charge is 2.14. The topological polar surface area (TPSA) is 21.3 Å². The van der Waals surface area contributed by atoms with Crippen molar-refractivity contribution < 1.29 is 4.74 Å². The van der Waals surface area contributed by atoms with Gasteiger partial charge in [-0.25, -0.2) is 0 Å². The zero-order valence-electron chi connectivity index (χ0n) is 13.0. The molecule has 0 bridgehead atoms. The fourth-order valence-electron chi connectivity index (χ4n) is 2.30. The molecule has 0 heterocycles. The van der Waals surface area contributed by atoms with Crippen molar-refractivity contribution in [2.45, 2.75) is 39.5 Å². The molecule has 1 N–H and O–H groups in total. The van der Waals surface area contributed by atoms with Gasteiger partial charge in [0, 0.05) is 24.8 Å². The van der Waals surface area contributed by atoms with E-state index in [4.69, 9.17) is 16.3 Å². The average Bonchev–Trinajstić information content (AvgIpc) is 2.42. The van der Waals surface area contributed by atoms with E-state index in [0.29, 0.717) is 11.8 Å². The summed E-state index contributed by atoms with van der Waals surface area (Å²) in [6, 6.07) is 8.18. The number of nitrogens with one attached hydrogen (secondary N) is 1. The number of ether oxygens (including phenoxy) is 1. The highest BCUT2D eigenvalue weighted by Crippen LogP contribution is 2.27. The molecular formula is C17H28ClNO. The van der Waals surface area contributed by atoms with Crippen molar-refractivity contribution in [3.05, 3.63) is 34.9 Å². The minimum Gasteiger partial charge on any atom is -0.382 e. The van der Waals surface area contributed by atoms with Crippen LogP contribution in [0.15, 0.2) is 24.3 Å². The van der Waals surface area contributed by atoms with Gasteiger partial charge < -0.3 is 10.1 Å². The molecule has 20 heavy (non-hydrogen) atoms. The Kier molecular flexibility index (Phi) is 8.92. The molecule has 0 saturated carbocycles. The van der Waals surface area contributed by atoms with Gasteiger partial charge in [0.15, 0.2) is 0 Å². The van der Waals surface area contributed by atoms with E-state index in [-0.39, 0.29) is 0 Å². The lowest BCUT2D eigenvalue weighted by Crippen LogP contribution is -2.25. The van der Waals surface area contributed by atoms with E-state index in [0.717, 1.165) is 44.2 Å². The SMILES string of the molecule is CCOCCCC(CNCC(C)C)c1ccccc1Cl. The number of hydrogen-bond acceptors (Lipinski definition) is 2. The lowest BCUT2D eigenvalue weighted by atomic mass is 9.94. The average molecular weight is 298 g/mol. The Morgan fingerprint density at radius 2 is 1.95 bits per heavy atom. The minimum absolute atomic E-state index is 0.461. The third kappa shape index (κ3) is 6.74. The molecule has 1 unspecified atom stereocenters. The summed E-state index contributed by atoms with van der Waals surface area (Å²) in [7, 11) is 0. The van der Waals surface area contributed by atoms with Crippen LogP contribution in [0.25, 0.3) is 0 Å². The van der Waals surface area contributed by atoms with Gasteiger partial charge in [-0.1, -0.05) is 43.6 Å². The van der Waals surface area contributed by atoms with Crippen molar-refractivity contribution in [3.63, 3.8) is 0 Å². The van der Waals surface area contributed by atoms with Crippen molar-refractivity contribution in [1.29, 1.82) is 0 Å². The molecule has 0 fully saturated rings. The predicted molar refractivity (Wildman–Crippen MR) is 87.6 cm³/mol. The Labute approximate surface area is 128 Å². The van der Waals surface area contributed by atoms with E-state index < -0.39 is 0 Å². The van der Waals surface area contributed by atoms with Crippen molar-refractivity contribution in [2.24, 2.45) is 5.92 Å². The molecule has 1 rings (SSSR count). The lowest BCUT2D eigenvalue weighted by Gasteiger charge is -2.20. The van der Waals surface area contributed by atoms with Crippen LogP contribution in [-0.4, -0.2) is 26.3 Å². The minimum atomic E-state index is 0.461. The van der Waals surface area contributed by atoms with Crippen LogP contribution in [0.1, 0.15) is 45.1 Å². The molecule has 1 atom stereocenters. The maximum Gasteiger partial charge on any atom is 0.0466 e. The molecule has 0 aliphatic heterocycles. The summed E-state index contributed by atoms with van der Waals surface area (Å²) in [5, 5.41) is 4.43. The highest BCUT2D eigenvalue weighted by molar-refractivity contribution is 6.31. The molecule has 0 aliphatic carbocycles. The summed E-state index contributed by atoms with van der Waals surface area (Å²) in [5.74, 6) is 1.13. The van der Waals surface area contributed by atoms with Gasteiger partial charge in [0.25, 0.3) is 0 Å². The standard InChI is InChI=1S/C17H28ClNO/c1-4-20-11-7-8-15(13-19-12-14(2)3)16-9-5-6-10-17(16)18/h5-6,9-10,14-15,19H,4,7-8,11-13H2,1-3H3. The van der Waals surface area contributed by atoms with Crippen LogP contribution < -0.4 is 5.32 Å². The van der Waals surface area contributed by atoms with Crippen LogP contribution in [0.3, 0.4) is 0 Å². The summed E-state index contributed by atoms with van der Waals surface area (Å²) >= 11 is 6.34. The first-order valence-corrected chi connectivity index (χ1v) is 8.05. The highest BCUT2D eigenvalue weighted by atomic mass is 35.5. The molecule has 0 spiro atoms. The summed E-state index contributed by atoms with van der Waals surface area (Å²) in [4.78, 5) is 0. The van der Waals surface area contributed by atoms with Gasteiger partial charge in [0.2, 0.25) is 0 Å². The molecule has 0 aliphatic rings. The Morgan fingerprint density at radius 1 is 1.20 bits per heavy atom. The summed E-state index contributed by atoms with van der Waals surface area (Å²) in [6.45, 7) is 10.2. The second-order valence-electron chi connectivity index (χ2n) is 5.61. The molecule has 2 nitrogen and oxygen atoms in total. The van der Waals surface area contributed by atoms with E-state index in [1.54, 1.807) is 0 Å². The predicted octanol–water partition coefficient (Wildman–Crippen LogP) is 4.49. The quantitative estimate of drug-likeness (QED) is 0.643. The van der Waals surface area contributed by atoms with Gasteiger partial charge in [0.1, 0.15) is 0 Å². The number of benzene rings is 1. The Bertz CT molecular complexity index is 368. The van der Waals surface area contributed by atoms with Gasteiger partial charge in [-0.3, -0.25) is 0 Å². The Morgan fingerprint density at radius 3 is 2.60 bits per heavy atom. The molecule has 0 aromatic heterocycles. The van der Waals surface area contributed by atoms with Crippen molar-refractivity contribution in [2.75, 3.05) is 26.3 Å². The van der Waals surface area contributed by atoms with Gasteiger partial charge in [-0.05, 0) is 49.8 Å². The van der Waals surface area contributed by atoms with Crippen LogP contribution in [0.4, 0.5) is 0 Å². The summed E-state index contributed by atoms with van der Waals surface area (Å²) in [5.41, 5.74) is 1.25. The second kappa shape index (κ2) is 10.2. The lowest BCUT2D eigenvalue weighted by molar-refractivity contribution is 0.141. The number of halogens is 1. The molecule has 0 saturated heterocycles. The third-order valence-corrected chi connectivity index (χ3v) is 3.68. The molecule has 0 amide bonds. The second-order valence-corrected chi connectivity index (χ2v) is 6.02. The van der Waals surface area contributed by atoms with E-state index in [9.17, 15) is 0 Å². The fourth-order valence-corrected chi connectivity index (χ4v) is 2.59. The van der Waals surface area contributed by atoms with Crippen LogP contribution in [0.5, 0.6) is 0 Å². The van der Waals surface area contributed by atoms with Gasteiger partial charge >= 0.3 is 0 Å². The first-order chi connectivity index (χ1) is 9.65. The molecule has 1 aromatic carbocycles. The van der Waals surface area contributed by atoms with Crippen molar-refractivity contribution in [3.8, 4) is 0 Å². The van der Waals surface area contributed by atoms with Crippen LogP contribution >= 0.6 is 11.6 Å². The van der Waals surface area contributed by atoms with Crippen molar-refractivity contribution in [1.82, 2.24) is 5.32 Å². The maximum atomic E-state index is 6.34. The fraction of sp³-hybridized carbons (Fsp3) is 0.647. The van der Waals surface area contributed by atoms with E-state index in [1.165, 1.54) is 5.56 Å². The zero-order chi connectivity index (χ0) is 14.8. The largest absolute Gasteiger partial charge is 0.382 e. The van der Waals surface area contributed by atoms with Gasteiger partial charge in [-0.2, -0.15) is 0 Å². The molecule has 114 valence electrons. The zero-order valence-corrected chi connectivity index (χ0v) is 13.7. The first-order valence-electron chi connectivity index (χ1n) is 7.68. The Hall–Kier alpha value is -0.570. The van der Waals surface area contributed by atoms with Gasteiger partial charge in [0.05, 0.1) is 0 Å². The third-order valence-electron chi connectivity index (χ3n) is 3.33. The molecule has 0 radical (unpaired) electrons. The van der Waals surface area contributed by atoms with Crippen LogP contribution in [0, 0.1) is 5.92 Å². The van der Waals surface area contributed by atoms with Crippen LogP contribution in [0.2, 0.25) is 5.02 Å². The number of rotatable bonds is 10. The number of hydrogen-bond donors (Lipinski definition) is 1. The summed E-state index contributed by atoms with van der Waals surface area (Å²) < 4.78 is 5.44. The monoisotopic (exact) mass is 297 g/mol. The maximum absolute atomic E-state index is 6.34. The molecular weight excluding hydrogens is 270 g/mol. The smallest absolute Gasteiger partial charge is 0.0466 e. The Balaban J connectivity index is 2.56. The molecule has 1 aromatic rings. The van der Waals surface area contributed by atoms with Gasteiger partial charge in [-0.15, -0.1) is 0 Å². The van der Waals surface area contributed by atoms with Crippen molar-refractivity contribution >= 4 is 11.6 Å². The summed E-state index contributed by atoms with van der Waals surface area (Å²) in [6.07, 6.45) is 2.18. The normalized spacial score (nSPS) is 12.8.